The van der Waals surface area contributed by atoms with Crippen LogP contribution in [0.5, 0.6) is 5.75 Å². The maximum atomic E-state index is 13.7. The number of fused-ring (bicyclic) bond motifs is 1. The molecule has 7 nitrogen and oxygen atoms in total. The standard InChI is InChI=1S/C21H22BrN3O4S/c1-23-9-11-24(12-10-23)21(26)19-13-15-5-3-4-6-18(15)25(19)30(27,28)20-8-7-16(29-2)14-17(20)22/h3-8,13-14H,9-12H2,1-2H3. The van der Waals surface area contributed by atoms with Gasteiger partial charge in [0.15, 0.2) is 0 Å². The molecule has 0 aliphatic carbocycles. The Labute approximate surface area is 184 Å². The summed E-state index contributed by atoms with van der Waals surface area (Å²) in [5, 5.41) is 0.697. The topological polar surface area (TPSA) is 71.8 Å². The number of hydrogen-bond donors (Lipinski definition) is 0. The quantitative estimate of drug-likeness (QED) is 0.560. The summed E-state index contributed by atoms with van der Waals surface area (Å²) in [6.45, 7) is 2.62. The minimum absolute atomic E-state index is 0.0667. The number of benzene rings is 2. The molecule has 4 rings (SSSR count). The normalized spacial score (nSPS) is 15.5. The minimum Gasteiger partial charge on any atom is -0.497 e. The van der Waals surface area contributed by atoms with Crippen LogP contribution in [-0.2, 0) is 10.0 Å². The summed E-state index contributed by atoms with van der Waals surface area (Å²) in [6.07, 6.45) is 0. The number of aromatic nitrogens is 1. The number of likely N-dealkylation sites (N-methyl/N-ethyl adjacent to an activating group) is 1. The first-order chi connectivity index (χ1) is 14.3. The zero-order valence-corrected chi connectivity index (χ0v) is 19.1. The molecule has 0 unspecified atom stereocenters. The smallest absolute Gasteiger partial charge is 0.271 e. The number of halogens is 1. The van der Waals surface area contributed by atoms with Gasteiger partial charge >= 0.3 is 0 Å². The Kier molecular flexibility index (Phi) is 5.61. The van der Waals surface area contributed by atoms with Crippen molar-refractivity contribution >= 4 is 42.8 Å². The van der Waals surface area contributed by atoms with E-state index in [-0.39, 0.29) is 16.5 Å². The molecule has 1 amide bonds. The van der Waals surface area contributed by atoms with Crippen molar-refractivity contribution in [3.05, 3.63) is 58.7 Å². The Balaban J connectivity index is 1.87. The Morgan fingerprint density at radius 2 is 1.73 bits per heavy atom. The summed E-state index contributed by atoms with van der Waals surface area (Å²) in [7, 11) is -0.526. The Bertz CT molecular complexity index is 1210. The number of nitrogens with zero attached hydrogens (tertiary/aromatic N) is 3. The van der Waals surface area contributed by atoms with Crippen LogP contribution < -0.4 is 4.74 Å². The predicted molar refractivity (Wildman–Crippen MR) is 119 cm³/mol. The third kappa shape index (κ3) is 3.61. The van der Waals surface area contributed by atoms with Gasteiger partial charge in [-0.05, 0) is 53.3 Å². The average molecular weight is 492 g/mol. The van der Waals surface area contributed by atoms with Gasteiger partial charge in [-0.1, -0.05) is 18.2 Å². The van der Waals surface area contributed by atoms with E-state index in [1.54, 1.807) is 35.2 Å². The number of piperazine rings is 1. The Morgan fingerprint density at radius 1 is 1.03 bits per heavy atom. The van der Waals surface area contributed by atoms with E-state index in [4.69, 9.17) is 4.74 Å². The van der Waals surface area contributed by atoms with Crippen LogP contribution in [0.3, 0.4) is 0 Å². The van der Waals surface area contributed by atoms with E-state index < -0.39 is 10.0 Å². The van der Waals surface area contributed by atoms with Crippen LogP contribution in [0.1, 0.15) is 10.5 Å². The monoisotopic (exact) mass is 491 g/mol. The van der Waals surface area contributed by atoms with Gasteiger partial charge in [-0.25, -0.2) is 12.4 Å². The Hall–Kier alpha value is -2.36. The summed E-state index contributed by atoms with van der Waals surface area (Å²) in [4.78, 5) is 17.3. The lowest BCUT2D eigenvalue weighted by molar-refractivity contribution is 0.0657. The highest BCUT2D eigenvalue weighted by atomic mass is 79.9. The first-order valence-electron chi connectivity index (χ1n) is 9.50. The van der Waals surface area contributed by atoms with Gasteiger partial charge in [0, 0.05) is 36.0 Å². The number of carbonyl (C=O) groups excluding carboxylic acids is 1. The fourth-order valence-electron chi connectivity index (χ4n) is 3.63. The van der Waals surface area contributed by atoms with E-state index in [0.717, 1.165) is 17.1 Å². The van der Waals surface area contributed by atoms with Crippen molar-refractivity contribution in [2.75, 3.05) is 40.3 Å². The fraction of sp³-hybridized carbons (Fsp3) is 0.286. The van der Waals surface area contributed by atoms with Crippen LogP contribution in [0.15, 0.2) is 57.9 Å². The van der Waals surface area contributed by atoms with E-state index >= 15 is 0 Å². The summed E-state index contributed by atoms with van der Waals surface area (Å²) in [6, 6.07) is 13.4. The van der Waals surface area contributed by atoms with E-state index in [1.165, 1.54) is 13.2 Å². The molecular formula is C21H22BrN3O4S. The number of amides is 1. The highest BCUT2D eigenvalue weighted by Crippen LogP contribution is 2.32. The van der Waals surface area contributed by atoms with Gasteiger partial charge in [0.05, 0.1) is 12.6 Å². The van der Waals surface area contributed by atoms with Crippen molar-refractivity contribution in [3.8, 4) is 5.75 Å². The number of para-hydroxylation sites is 1. The summed E-state index contributed by atoms with van der Waals surface area (Å²) < 4.78 is 34.1. The molecule has 1 fully saturated rings. The molecule has 1 aromatic heterocycles. The van der Waals surface area contributed by atoms with E-state index in [9.17, 15) is 13.2 Å². The number of carbonyl (C=O) groups is 1. The van der Waals surface area contributed by atoms with Gasteiger partial charge < -0.3 is 14.5 Å². The predicted octanol–water partition coefficient (Wildman–Crippen LogP) is 3.04. The molecule has 2 aromatic carbocycles. The molecule has 158 valence electrons. The van der Waals surface area contributed by atoms with Gasteiger partial charge in [0.1, 0.15) is 16.3 Å². The summed E-state index contributed by atoms with van der Waals surface area (Å²) >= 11 is 3.34. The lowest BCUT2D eigenvalue weighted by Gasteiger charge is -2.32. The van der Waals surface area contributed by atoms with Gasteiger partial charge in [-0.2, -0.15) is 0 Å². The molecule has 0 atom stereocenters. The fourth-order valence-corrected chi connectivity index (χ4v) is 6.15. The molecule has 0 radical (unpaired) electrons. The van der Waals surface area contributed by atoms with Gasteiger partial charge in [0.25, 0.3) is 15.9 Å². The third-order valence-corrected chi connectivity index (χ3v) is 8.04. The number of hydrogen-bond acceptors (Lipinski definition) is 5. The van der Waals surface area contributed by atoms with Crippen molar-refractivity contribution in [2.24, 2.45) is 0 Å². The third-order valence-electron chi connectivity index (χ3n) is 5.33. The van der Waals surface area contributed by atoms with Crippen LogP contribution in [-0.4, -0.2) is 68.4 Å². The molecule has 0 bridgehead atoms. The van der Waals surface area contributed by atoms with E-state index in [2.05, 4.69) is 20.8 Å². The van der Waals surface area contributed by atoms with Crippen molar-refractivity contribution in [3.63, 3.8) is 0 Å². The summed E-state index contributed by atoms with van der Waals surface area (Å²) in [5.41, 5.74) is 0.612. The second kappa shape index (κ2) is 8.05. The van der Waals surface area contributed by atoms with Crippen molar-refractivity contribution < 1.29 is 17.9 Å². The largest absolute Gasteiger partial charge is 0.497 e. The molecule has 1 aliphatic heterocycles. The zero-order valence-electron chi connectivity index (χ0n) is 16.7. The van der Waals surface area contributed by atoms with E-state index in [0.29, 0.717) is 34.2 Å². The number of methoxy groups -OCH3 is 1. The van der Waals surface area contributed by atoms with E-state index in [1.807, 2.05) is 19.2 Å². The Morgan fingerprint density at radius 3 is 2.40 bits per heavy atom. The second-order valence-corrected chi connectivity index (χ2v) is 9.86. The lowest BCUT2D eigenvalue weighted by Crippen LogP contribution is -2.47. The van der Waals surface area contributed by atoms with Crippen LogP contribution in [0.2, 0.25) is 0 Å². The molecule has 0 saturated carbocycles. The minimum atomic E-state index is -4.05. The zero-order chi connectivity index (χ0) is 21.5. The number of rotatable bonds is 4. The van der Waals surface area contributed by atoms with Crippen LogP contribution >= 0.6 is 15.9 Å². The van der Waals surface area contributed by atoms with Crippen LogP contribution in [0, 0.1) is 0 Å². The highest BCUT2D eigenvalue weighted by Gasteiger charge is 2.31. The molecular weight excluding hydrogens is 470 g/mol. The molecule has 9 heteroatoms. The number of ether oxygens (including phenoxy) is 1. The maximum absolute atomic E-state index is 13.7. The van der Waals surface area contributed by atoms with Crippen molar-refractivity contribution in [1.82, 2.24) is 13.8 Å². The first-order valence-corrected chi connectivity index (χ1v) is 11.7. The second-order valence-electron chi connectivity index (χ2n) is 7.25. The average Bonchev–Trinajstić information content (AvgIpc) is 3.14. The van der Waals surface area contributed by atoms with Crippen molar-refractivity contribution in [1.29, 1.82) is 0 Å². The molecule has 1 aliphatic rings. The molecule has 0 spiro atoms. The SMILES string of the molecule is COc1ccc(S(=O)(=O)n2c(C(=O)N3CCN(C)CC3)cc3ccccc32)c(Br)c1. The summed E-state index contributed by atoms with van der Waals surface area (Å²) in [5.74, 6) is 0.249. The highest BCUT2D eigenvalue weighted by molar-refractivity contribution is 9.10. The first kappa shape index (κ1) is 20.9. The lowest BCUT2D eigenvalue weighted by atomic mass is 10.2. The molecule has 30 heavy (non-hydrogen) atoms. The van der Waals surface area contributed by atoms with Gasteiger partial charge in [-0.3, -0.25) is 4.79 Å². The molecule has 0 N–H and O–H groups in total. The van der Waals surface area contributed by atoms with Crippen molar-refractivity contribution in [2.45, 2.75) is 4.90 Å². The van der Waals surface area contributed by atoms with Gasteiger partial charge in [-0.15, -0.1) is 0 Å². The molecule has 2 heterocycles. The van der Waals surface area contributed by atoms with Crippen LogP contribution in [0.25, 0.3) is 10.9 Å². The molecule has 1 saturated heterocycles. The maximum Gasteiger partial charge on any atom is 0.271 e. The van der Waals surface area contributed by atoms with Gasteiger partial charge in [0.2, 0.25) is 0 Å². The van der Waals surface area contributed by atoms with Crippen LogP contribution in [0.4, 0.5) is 0 Å². The molecule has 3 aromatic rings.